The lowest BCUT2D eigenvalue weighted by Gasteiger charge is -2.36. The molecule has 4 rings (SSSR count). The summed E-state index contributed by atoms with van der Waals surface area (Å²) in [5, 5.41) is 0.667. The van der Waals surface area contributed by atoms with E-state index in [1.807, 2.05) is 18.2 Å². The molecule has 6 nitrogen and oxygen atoms in total. The molecule has 1 amide bonds. The summed E-state index contributed by atoms with van der Waals surface area (Å²) in [5.74, 6) is 0.182. The largest absolute Gasteiger partial charge is 0.493 e. The molecule has 1 aliphatic heterocycles. The SMILES string of the molecule is COc1cccc2cc(C(=O)N3CCN(c4ccccc4)CC3)c(=O)oc12. The molecule has 0 spiro atoms. The van der Waals surface area contributed by atoms with Crippen LogP contribution in [0.4, 0.5) is 5.69 Å². The van der Waals surface area contributed by atoms with Gasteiger partial charge in [0.1, 0.15) is 5.56 Å². The first-order valence-corrected chi connectivity index (χ1v) is 8.87. The molecule has 0 N–H and O–H groups in total. The lowest BCUT2D eigenvalue weighted by Crippen LogP contribution is -2.49. The first-order chi connectivity index (χ1) is 13.2. The number of para-hydroxylation sites is 2. The van der Waals surface area contributed by atoms with Gasteiger partial charge in [-0.15, -0.1) is 0 Å². The van der Waals surface area contributed by atoms with Gasteiger partial charge in [-0.05, 0) is 24.3 Å². The van der Waals surface area contributed by atoms with Crippen molar-refractivity contribution in [3.8, 4) is 5.75 Å². The Morgan fingerprint density at radius 2 is 1.74 bits per heavy atom. The highest BCUT2D eigenvalue weighted by molar-refractivity contribution is 5.97. The highest BCUT2D eigenvalue weighted by Gasteiger charge is 2.25. The normalized spacial score (nSPS) is 14.4. The molecule has 0 atom stereocenters. The third-order valence-electron chi connectivity index (χ3n) is 4.86. The lowest BCUT2D eigenvalue weighted by atomic mass is 10.1. The predicted molar refractivity (Wildman–Crippen MR) is 104 cm³/mol. The van der Waals surface area contributed by atoms with Gasteiger partial charge in [0.2, 0.25) is 0 Å². The monoisotopic (exact) mass is 364 g/mol. The first kappa shape index (κ1) is 17.1. The summed E-state index contributed by atoms with van der Waals surface area (Å²) >= 11 is 0. The van der Waals surface area contributed by atoms with E-state index in [2.05, 4.69) is 17.0 Å². The Morgan fingerprint density at radius 1 is 1.00 bits per heavy atom. The van der Waals surface area contributed by atoms with E-state index in [0.29, 0.717) is 29.8 Å². The Labute approximate surface area is 156 Å². The Kier molecular flexibility index (Phi) is 4.54. The zero-order valence-corrected chi connectivity index (χ0v) is 15.1. The van der Waals surface area contributed by atoms with Gasteiger partial charge in [-0.25, -0.2) is 4.79 Å². The number of rotatable bonds is 3. The minimum Gasteiger partial charge on any atom is -0.493 e. The van der Waals surface area contributed by atoms with Crippen molar-refractivity contribution >= 4 is 22.6 Å². The fraction of sp³-hybridized carbons (Fsp3) is 0.238. The van der Waals surface area contributed by atoms with Crippen molar-refractivity contribution in [1.82, 2.24) is 4.90 Å². The van der Waals surface area contributed by atoms with Crippen LogP contribution in [0.25, 0.3) is 11.0 Å². The summed E-state index contributed by atoms with van der Waals surface area (Å²) < 4.78 is 10.6. The molecular weight excluding hydrogens is 344 g/mol. The number of hydrogen-bond acceptors (Lipinski definition) is 5. The highest BCUT2D eigenvalue weighted by atomic mass is 16.5. The van der Waals surface area contributed by atoms with E-state index in [-0.39, 0.29) is 11.5 Å². The molecule has 0 aliphatic carbocycles. The van der Waals surface area contributed by atoms with Crippen LogP contribution in [0.1, 0.15) is 10.4 Å². The molecule has 0 saturated carbocycles. The van der Waals surface area contributed by atoms with E-state index in [4.69, 9.17) is 9.15 Å². The second-order valence-corrected chi connectivity index (χ2v) is 6.44. The number of hydrogen-bond donors (Lipinski definition) is 0. The smallest absolute Gasteiger partial charge is 0.349 e. The number of benzene rings is 2. The van der Waals surface area contributed by atoms with Crippen LogP contribution in [0.5, 0.6) is 5.75 Å². The second-order valence-electron chi connectivity index (χ2n) is 6.44. The van der Waals surface area contributed by atoms with Crippen LogP contribution in [-0.4, -0.2) is 44.1 Å². The number of ether oxygens (including phenoxy) is 1. The molecule has 0 bridgehead atoms. The van der Waals surface area contributed by atoms with Crippen LogP contribution >= 0.6 is 0 Å². The van der Waals surface area contributed by atoms with Crippen LogP contribution in [0, 0.1) is 0 Å². The van der Waals surface area contributed by atoms with Crippen LogP contribution in [0.15, 0.2) is 63.8 Å². The number of amides is 1. The maximum atomic E-state index is 12.9. The highest BCUT2D eigenvalue weighted by Crippen LogP contribution is 2.25. The van der Waals surface area contributed by atoms with Gasteiger partial charge in [-0.3, -0.25) is 4.79 Å². The van der Waals surface area contributed by atoms with Crippen LogP contribution in [0.2, 0.25) is 0 Å². The third-order valence-corrected chi connectivity index (χ3v) is 4.86. The summed E-state index contributed by atoms with van der Waals surface area (Å²) in [7, 11) is 1.51. The van der Waals surface area contributed by atoms with Crippen molar-refractivity contribution in [3.63, 3.8) is 0 Å². The lowest BCUT2D eigenvalue weighted by molar-refractivity contribution is 0.0742. The van der Waals surface area contributed by atoms with E-state index < -0.39 is 5.63 Å². The van der Waals surface area contributed by atoms with Crippen molar-refractivity contribution in [2.24, 2.45) is 0 Å². The van der Waals surface area contributed by atoms with Crippen molar-refractivity contribution < 1.29 is 13.9 Å². The molecule has 2 aromatic carbocycles. The standard InChI is InChI=1S/C21H20N2O4/c1-26-18-9-5-6-15-14-17(21(25)27-19(15)18)20(24)23-12-10-22(11-13-23)16-7-3-2-4-8-16/h2-9,14H,10-13H2,1H3. The van der Waals surface area contributed by atoms with Crippen LogP contribution in [-0.2, 0) is 0 Å². The van der Waals surface area contributed by atoms with E-state index in [9.17, 15) is 9.59 Å². The molecule has 0 radical (unpaired) electrons. The summed E-state index contributed by atoms with van der Waals surface area (Å²) in [5.41, 5.74) is 0.920. The van der Waals surface area contributed by atoms with E-state index in [1.54, 1.807) is 29.2 Å². The van der Waals surface area contributed by atoms with Gasteiger partial charge in [0.15, 0.2) is 11.3 Å². The fourth-order valence-corrected chi connectivity index (χ4v) is 3.40. The number of anilines is 1. The molecule has 3 aromatic rings. The molecule has 0 unspecified atom stereocenters. The average molecular weight is 364 g/mol. The van der Waals surface area contributed by atoms with Crippen molar-refractivity contribution in [1.29, 1.82) is 0 Å². The molecule has 2 heterocycles. The van der Waals surface area contributed by atoms with Gasteiger partial charge in [-0.1, -0.05) is 30.3 Å². The molecule has 138 valence electrons. The zero-order valence-electron chi connectivity index (χ0n) is 15.1. The van der Waals surface area contributed by atoms with Crippen LogP contribution in [0.3, 0.4) is 0 Å². The van der Waals surface area contributed by atoms with Crippen LogP contribution < -0.4 is 15.3 Å². The summed E-state index contributed by atoms with van der Waals surface area (Å²) in [6.45, 7) is 2.57. The number of piperazine rings is 1. The Hall–Kier alpha value is -3.28. The predicted octanol–water partition coefficient (Wildman–Crippen LogP) is 2.76. The molecule has 1 fully saturated rings. The number of carbonyl (C=O) groups is 1. The number of fused-ring (bicyclic) bond motifs is 1. The van der Waals surface area contributed by atoms with E-state index >= 15 is 0 Å². The van der Waals surface area contributed by atoms with Gasteiger partial charge < -0.3 is 19.0 Å². The topological polar surface area (TPSA) is 63.0 Å². The summed E-state index contributed by atoms with van der Waals surface area (Å²) in [6, 6.07) is 17.0. The van der Waals surface area contributed by atoms with Crippen molar-refractivity contribution in [2.75, 3.05) is 38.2 Å². The summed E-state index contributed by atoms with van der Waals surface area (Å²) in [6.07, 6.45) is 0. The molecule has 1 saturated heterocycles. The average Bonchev–Trinajstić information content (AvgIpc) is 2.73. The Morgan fingerprint density at radius 3 is 2.44 bits per heavy atom. The maximum absolute atomic E-state index is 12.9. The zero-order chi connectivity index (χ0) is 18.8. The van der Waals surface area contributed by atoms with Crippen molar-refractivity contribution in [2.45, 2.75) is 0 Å². The quantitative estimate of drug-likeness (QED) is 0.669. The van der Waals surface area contributed by atoms with Gasteiger partial charge in [0, 0.05) is 37.3 Å². The Balaban J connectivity index is 1.55. The number of methoxy groups -OCH3 is 1. The molecular formula is C21H20N2O4. The minimum absolute atomic E-state index is 0.0592. The number of nitrogens with zero attached hydrogens (tertiary/aromatic N) is 2. The van der Waals surface area contributed by atoms with Gasteiger partial charge in [-0.2, -0.15) is 0 Å². The molecule has 27 heavy (non-hydrogen) atoms. The second kappa shape index (κ2) is 7.15. The van der Waals surface area contributed by atoms with Gasteiger partial charge in [0.25, 0.3) is 5.91 Å². The molecule has 1 aromatic heterocycles. The maximum Gasteiger partial charge on any atom is 0.349 e. The fourth-order valence-electron chi connectivity index (χ4n) is 3.40. The summed E-state index contributed by atoms with van der Waals surface area (Å²) in [4.78, 5) is 29.2. The third kappa shape index (κ3) is 3.26. The first-order valence-electron chi connectivity index (χ1n) is 8.87. The van der Waals surface area contributed by atoms with E-state index in [1.165, 1.54) is 7.11 Å². The van der Waals surface area contributed by atoms with E-state index in [0.717, 1.165) is 18.8 Å². The molecule has 1 aliphatic rings. The van der Waals surface area contributed by atoms with Gasteiger partial charge in [0.05, 0.1) is 7.11 Å². The Bertz CT molecular complexity index is 1020. The minimum atomic E-state index is -0.637. The van der Waals surface area contributed by atoms with Gasteiger partial charge >= 0.3 is 5.63 Å². The molecule has 6 heteroatoms. The number of carbonyl (C=O) groups excluding carboxylic acids is 1. The van der Waals surface area contributed by atoms with Crippen molar-refractivity contribution in [3.05, 3.63) is 70.6 Å².